The summed E-state index contributed by atoms with van der Waals surface area (Å²) in [7, 11) is 2.06. The molecule has 2 aliphatic heterocycles. The number of amides is 1. The fourth-order valence-electron chi connectivity index (χ4n) is 5.71. The number of ether oxygens (including phenoxy) is 2. The van der Waals surface area contributed by atoms with Gasteiger partial charge in [-0.2, -0.15) is 4.98 Å². The van der Waals surface area contributed by atoms with Gasteiger partial charge in [-0.05, 0) is 64.1 Å². The molecule has 228 valence electrons. The highest BCUT2D eigenvalue weighted by Crippen LogP contribution is 2.44. The number of carbonyl (C=O) groups excluding carboxylic acids is 1. The Morgan fingerprint density at radius 1 is 1.00 bits per heavy atom. The normalized spacial score (nSPS) is 15.8. The lowest BCUT2D eigenvalue weighted by molar-refractivity contribution is 0.102. The van der Waals surface area contributed by atoms with Crippen molar-refractivity contribution in [3.8, 4) is 17.4 Å². The van der Waals surface area contributed by atoms with Gasteiger partial charge in [0, 0.05) is 50.0 Å². The second-order valence-corrected chi connectivity index (χ2v) is 12.1. The number of halogens is 1. The van der Waals surface area contributed by atoms with Crippen LogP contribution < -0.4 is 25.0 Å². The lowest BCUT2D eigenvalue weighted by Crippen LogP contribution is -2.45. The SMILES string of the molecule is Cc1cccc(C)c1NC(=O)c1cnc(Nc2cccc(F)c2N2CCN(C)CC2)nc1Oc1cccc2c1OC(C)(C)C2. The number of hydrogen-bond donors (Lipinski definition) is 2. The van der Waals surface area contributed by atoms with E-state index in [2.05, 4.69) is 32.5 Å². The minimum absolute atomic E-state index is 0.0468. The lowest BCUT2D eigenvalue weighted by atomic mass is 10.0. The standard InChI is InChI=1S/C34H37FN6O3/c1-21-9-6-10-22(2)28(21)38-31(42)24-20-36-33(37-26-13-8-12-25(35)29(26)41-17-15-40(5)16-18-41)39-32(24)43-27-14-7-11-23-19-34(3,4)44-30(23)27/h6-14,20H,15-19H2,1-5H3,(H,38,42)(H,36,37,39). The first-order valence-corrected chi connectivity index (χ1v) is 14.8. The smallest absolute Gasteiger partial charge is 0.262 e. The first-order valence-electron chi connectivity index (χ1n) is 14.8. The van der Waals surface area contributed by atoms with Gasteiger partial charge in [0.1, 0.15) is 17.0 Å². The van der Waals surface area contributed by atoms with Crippen LogP contribution in [-0.2, 0) is 6.42 Å². The number of likely N-dealkylation sites (N-methyl/N-ethyl adjacent to an activating group) is 1. The molecule has 1 amide bonds. The van der Waals surface area contributed by atoms with Gasteiger partial charge in [-0.15, -0.1) is 0 Å². The lowest BCUT2D eigenvalue weighted by Gasteiger charge is -2.35. The number of hydrogen-bond acceptors (Lipinski definition) is 8. The van der Waals surface area contributed by atoms with Crippen molar-refractivity contribution in [3.63, 3.8) is 0 Å². The average Bonchev–Trinajstić information content (AvgIpc) is 3.31. The number of fused-ring (bicyclic) bond motifs is 1. The third-order valence-electron chi connectivity index (χ3n) is 8.03. The van der Waals surface area contributed by atoms with Crippen molar-refractivity contribution in [3.05, 3.63) is 88.9 Å². The van der Waals surface area contributed by atoms with Crippen molar-refractivity contribution in [2.75, 3.05) is 48.8 Å². The minimum Gasteiger partial charge on any atom is -0.483 e. The van der Waals surface area contributed by atoms with Gasteiger partial charge in [-0.3, -0.25) is 4.79 Å². The van der Waals surface area contributed by atoms with Crippen LogP contribution in [-0.4, -0.2) is 59.6 Å². The number of benzene rings is 3. The Bertz CT molecular complexity index is 1700. The minimum atomic E-state index is -0.415. The second-order valence-electron chi connectivity index (χ2n) is 12.1. The quantitative estimate of drug-likeness (QED) is 0.250. The monoisotopic (exact) mass is 596 g/mol. The molecule has 1 aromatic heterocycles. The van der Waals surface area contributed by atoms with Gasteiger partial charge < -0.3 is 29.9 Å². The summed E-state index contributed by atoms with van der Waals surface area (Å²) < 4.78 is 27.8. The molecular formula is C34H37FN6O3. The van der Waals surface area contributed by atoms with Crippen LogP contribution in [0.15, 0.2) is 60.8 Å². The zero-order chi connectivity index (χ0) is 31.0. The number of nitrogens with one attached hydrogen (secondary N) is 2. The Morgan fingerprint density at radius 2 is 1.70 bits per heavy atom. The van der Waals surface area contributed by atoms with Gasteiger partial charge in [0.2, 0.25) is 11.8 Å². The summed E-state index contributed by atoms with van der Waals surface area (Å²) in [6, 6.07) is 16.4. The van der Waals surface area contributed by atoms with E-state index in [1.165, 1.54) is 12.3 Å². The number of aromatic nitrogens is 2. The second kappa shape index (κ2) is 11.8. The number of piperazine rings is 1. The Kier molecular flexibility index (Phi) is 7.85. The molecule has 6 rings (SSSR count). The average molecular weight is 597 g/mol. The number of rotatable bonds is 7. The summed E-state index contributed by atoms with van der Waals surface area (Å²) in [5.41, 5.74) is 4.33. The summed E-state index contributed by atoms with van der Waals surface area (Å²) in [6.07, 6.45) is 2.15. The largest absolute Gasteiger partial charge is 0.483 e. The topological polar surface area (TPSA) is 91.9 Å². The molecule has 2 aliphatic rings. The fourth-order valence-corrected chi connectivity index (χ4v) is 5.71. The van der Waals surface area contributed by atoms with E-state index in [9.17, 15) is 4.79 Å². The third kappa shape index (κ3) is 6.03. The van der Waals surface area contributed by atoms with Crippen LogP contribution in [0.4, 0.5) is 27.4 Å². The molecule has 1 saturated heterocycles. The van der Waals surface area contributed by atoms with Crippen molar-refractivity contribution < 1.29 is 18.7 Å². The van der Waals surface area contributed by atoms with E-state index in [0.29, 0.717) is 41.7 Å². The van der Waals surface area contributed by atoms with Crippen molar-refractivity contribution in [1.29, 1.82) is 0 Å². The number of carbonyl (C=O) groups is 1. The van der Waals surface area contributed by atoms with E-state index in [4.69, 9.17) is 9.47 Å². The highest BCUT2D eigenvalue weighted by atomic mass is 19.1. The number of anilines is 4. The molecule has 44 heavy (non-hydrogen) atoms. The van der Waals surface area contributed by atoms with Gasteiger partial charge in [-0.1, -0.05) is 36.4 Å². The highest BCUT2D eigenvalue weighted by Gasteiger charge is 2.33. The maximum Gasteiger partial charge on any atom is 0.262 e. The maximum atomic E-state index is 15.2. The Hall–Kier alpha value is -4.70. The molecule has 4 aromatic rings. The van der Waals surface area contributed by atoms with E-state index < -0.39 is 5.91 Å². The molecule has 3 aromatic carbocycles. The molecule has 0 aliphatic carbocycles. The number of aryl methyl sites for hydroxylation is 2. The Labute approximate surface area is 257 Å². The van der Waals surface area contributed by atoms with Crippen molar-refractivity contribution in [2.45, 2.75) is 39.7 Å². The summed E-state index contributed by atoms with van der Waals surface area (Å²) in [5.74, 6) is 0.530. The number of para-hydroxylation sites is 3. The molecular weight excluding hydrogens is 559 g/mol. The van der Waals surface area contributed by atoms with Crippen molar-refractivity contribution >= 4 is 28.9 Å². The van der Waals surface area contributed by atoms with Crippen LogP contribution in [0.5, 0.6) is 17.4 Å². The maximum absolute atomic E-state index is 15.2. The van der Waals surface area contributed by atoms with Crippen LogP contribution >= 0.6 is 0 Å². The summed E-state index contributed by atoms with van der Waals surface area (Å²) >= 11 is 0. The van der Waals surface area contributed by atoms with Crippen LogP contribution in [0, 0.1) is 19.7 Å². The van der Waals surface area contributed by atoms with E-state index in [-0.39, 0.29) is 28.8 Å². The van der Waals surface area contributed by atoms with Gasteiger partial charge in [0.25, 0.3) is 5.91 Å². The molecule has 2 N–H and O–H groups in total. The molecule has 0 spiro atoms. The zero-order valence-corrected chi connectivity index (χ0v) is 25.7. The molecule has 3 heterocycles. The van der Waals surface area contributed by atoms with Crippen LogP contribution in [0.1, 0.15) is 40.9 Å². The van der Waals surface area contributed by atoms with Crippen LogP contribution in [0.3, 0.4) is 0 Å². The first kappa shape index (κ1) is 29.4. The zero-order valence-electron chi connectivity index (χ0n) is 25.7. The third-order valence-corrected chi connectivity index (χ3v) is 8.03. The molecule has 0 saturated carbocycles. The predicted octanol–water partition coefficient (Wildman–Crippen LogP) is 6.49. The molecule has 0 bridgehead atoms. The van der Waals surface area contributed by atoms with Crippen LogP contribution in [0.2, 0.25) is 0 Å². The fraction of sp³-hybridized carbons (Fsp3) is 0.324. The van der Waals surface area contributed by atoms with Gasteiger partial charge in [-0.25, -0.2) is 9.37 Å². The van der Waals surface area contributed by atoms with E-state index in [0.717, 1.165) is 36.2 Å². The Morgan fingerprint density at radius 3 is 2.45 bits per heavy atom. The number of nitrogens with zero attached hydrogens (tertiary/aromatic N) is 4. The van der Waals surface area contributed by atoms with Crippen molar-refractivity contribution in [1.82, 2.24) is 14.9 Å². The van der Waals surface area contributed by atoms with Crippen LogP contribution in [0.25, 0.3) is 0 Å². The van der Waals surface area contributed by atoms with Crippen molar-refractivity contribution in [2.24, 2.45) is 0 Å². The summed E-state index contributed by atoms with van der Waals surface area (Å²) in [5, 5.41) is 6.19. The predicted molar refractivity (Wildman–Crippen MR) is 170 cm³/mol. The molecule has 0 atom stereocenters. The highest BCUT2D eigenvalue weighted by molar-refractivity contribution is 6.06. The molecule has 0 radical (unpaired) electrons. The molecule has 0 unspecified atom stereocenters. The van der Waals surface area contributed by atoms with Gasteiger partial charge in [0.15, 0.2) is 11.5 Å². The first-order chi connectivity index (χ1) is 21.1. The van der Waals surface area contributed by atoms with Gasteiger partial charge in [0.05, 0.1) is 11.4 Å². The van der Waals surface area contributed by atoms with E-state index in [1.54, 1.807) is 18.2 Å². The van der Waals surface area contributed by atoms with Gasteiger partial charge >= 0.3 is 0 Å². The summed E-state index contributed by atoms with van der Waals surface area (Å²) in [6.45, 7) is 10.9. The summed E-state index contributed by atoms with van der Waals surface area (Å²) in [4.78, 5) is 27.0. The van der Waals surface area contributed by atoms with E-state index >= 15 is 4.39 Å². The molecule has 10 heteroatoms. The molecule has 9 nitrogen and oxygen atoms in total. The molecule has 1 fully saturated rings. The Balaban J connectivity index is 1.37. The van der Waals surface area contributed by atoms with E-state index in [1.807, 2.05) is 62.9 Å².